The first-order chi connectivity index (χ1) is 10.2. The molecule has 1 saturated heterocycles. The van der Waals surface area contributed by atoms with Gasteiger partial charge in [-0.25, -0.2) is 0 Å². The molecule has 1 aliphatic rings. The van der Waals surface area contributed by atoms with Gasteiger partial charge >= 0.3 is 5.97 Å². The molecular weight excluding hydrogens is 286 g/mol. The predicted octanol–water partition coefficient (Wildman–Crippen LogP) is 2.82. The highest BCUT2D eigenvalue weighted by Crippen LogP contribution is 2.24. The first kappa shape index (κ1) is 15.9. The van der Waals surface area contributed by atoms with E-state index in [2.05, 4.69) is 0 Å². The number of hydrogen-bond acceptors (Lipinski definition) is 4. The van der Waals surface area contributed by atoms with Gasteiger partial charge in [-0.1, -0.05) is 12.1 Å². The van der Waals surface area contributed by atoms with Crippen LogP contribution in [0.2, 0.25) is 0 Å². The largest absolute Gasteiger partial charge is 0.466 e. The predicted molar refractivity (Wildman–Crippen MR) is 83.5 cm³/mol. The summed E-state index contributed by atoms with van der Waals surface area (Å²) < 4.78 is 5.08. The molecule has 1 aliphatic heterocycles. The van der Waals surface area contributed by atoms with Crippen molar-refractivity contribution in [2.45, 2.75) is 24.7 Å². The Morgan fingerprint density at radius 2 is 2.14 bits per heavy atom. The van der Waals surface area contributed by atoms with E-state index in [0.29, 0.717) is 19.7 Å². The fraction of sp³-hybridized carbons (Fsp3) is 0.500. The smallest absolute Gasteiger partial charge is 0.310 e. The first-order valence-electron chi connectivity index (χ1n) is 7.26. The lowest BCUT2D eigenvalue weighted by atomic mass is 9.97. The van der Waals surface area contributed by atoms with Gasteiger partial charge in [0.25, 0.3) is 5.91 Å². The highest BCUT2D eigenvalue weighted by Gasteiger charge is 2.30. The molecule has 0 aliphatic carbocycles. The second kappa shape index (κ2) is 7.50. The Kier molecular flexibility index (Phi) is 5.67. The third-order valence-corrected chi connectivity index (χ3v) is 4.46. The van der Waals surface area contributed by atoms with Gasteiger partial charge < -0.3 is 9.64 Å². The van der Waals surface area contributed by atoms with E-state index in [0.717, 1.165) is 23.3 Å². The Hall–Kier alpha value is -1.49. The van der Waals surface area contributed by atoms with Crippen molar-refractivity contribution in [1.82, 2.24) is 4.90 Å². The van der Waals surface area contributed by atoms with Crippen LogP contribution in [-0.2, 0) is 9.53 Å². The van der Waals surface area contributed by atoms with Crippen molar-refractivity contribution in [1.29, 1.82) is 0 Å². The summed E-state index contributed by atoms with van der Waals surface area (Å²) in [6.07, 6.45) is 3.60. The topological polar surface area (TPSA) is 46.6 Å². The number of piperidine rings is 1. The summed E-state index contributed by atoms with van der Waals surface area (Å²) in [6.45, 7) is 3.36. The quantitative estimate of drug-likeness (QED) is 0.634. The number of amides is 1. The zero-order valence-corrected chi connectivity index (χ0v) is 13.3. The molecule has 2 rings (SSSR count). The number of rotatable bonds is 4. The Bertz CT molecular complexity index is 518. The van der Waals surface area contributed by atoms with Gasteiger partial charge in [0.15, 0.2) is 0 Å². The Labute approximate surface area is 129 Å². The van der Waals surface area contributed by atoms with E-state index in [1.807, 2.05) is 30.5 Å². The lowest BCUT2D eigenvalue weighted by Crippen LogP contribution is -2.43. The summed E-state index contributed by atoms with van der Waals surface area (Å²) >= 11 is 1.56. The molecule has 0 spiro atoms. The van der Waals surface area contributed by atoms with Crippen LogP contribution in [-0.4, -0.2) is 42.7 Å². The molecule has 1 atom stereocenters. The third-order valence-electron chi connectivity index (χ3n) is 3.67. The molecular formula is C16H21NO3S. The minimum atomic E-state index is -0.191. The number of likely N-dealkylation sites (tertiary alicyclic amines) is 1. The van der Waals surface area contributed by atoms with Gasteiger partial charge in [-0.3, -0.25) is 9.59 Å². The summed E-state index contributed by atoms with van der Waals surface area (Å²) in [4.78, 5) is 27.3. The molecule has 1 heterocycles. The van der Waals surface area contributed by atoms with Crippen LogP contribution in [0.4, 0.5) is 0 Å². The lowest BCUT2D eigenvalue weighted by Gasteiger charge is -2.32. The van der Waals surface area contributed by atoms with Crippen LogP contribution in [0, 0.1) is 5.92 Å². The number of nitrogens with zero attached hydrogens (tertiary/aromatic N) is 1. The van der Waals surface area contributed by atoms with Crippen molar-refractivity contribution in [2.24, 2.45) is 5.92 Å². The molecule has 0 N–H and O–H groups in total. The first-order valence-corrected chi connectivity index (χ1v) is 8.48. The van der Waals surface area contributed by atoms with E-state index < -0.39 is 0 Å². The molecule has 1 fully saturated rings. The van der Waals surface area contributed by atoms with Crippen molar-refractivity contribution in [2.75, 3.05) is 26.0 Å². The van der Waals surface area contributed by atoms with Gasteiger partial charge in [-0.15, -0.1) is 11.8 Å². The molecule has 0 aromatic heterocycles. The maximum absolute atomic E-state index is 12.7. The average molecular weight is 307 g/mol. The number of ether oxygens (including phenoxy) is 1. The molecule has 21 heavy (non-hydrogen) atoms. The SMILES string of the molecule is CCOC(=O)C1CCCN(C(=O)c2ccccc2SC)C1. The van der Waals surface area contributed by atoms with Gasteiger partial charge in [0.05, 0.1) is 18.1 Å². The fourth-order valence-corrected chi connectivity index (χ4v) is 3.20. The van der Waals surface area contributed by atoms with Crippen LogP contribution in [0.5, 0.6) is 0 Å². The van der Waals surface area contributed by atoms with Crippen molar-refractivity contribution in [3.05, 3.63) is 29.8 Å². The third kappa shape index (κ3) is 3.79. The molecule has 0 radical (unpaired) electrons. The second-order valence-corrected chi connectivity index (χ2v) is 5.89. The van der Waals surface area contributed by atoms with Gasteiger partial charge in [0, 0.05) is 18.0 Å². The van der Waals surface area contributed by atoms with E-state index in [9.17, 15) is 9.59 Å². The van der Waals surface area contributed by atoms with Crippen LogP contribution in [0.25, 0.3) is 0 Å². The van der Waals surface area contributed by atoms with Crippen LogP contribution in [0.15, 0.2) is 29.2 Å². The van der Waals surface area contributed by atoms with Crippen molar-refractivity contribution >= 4 is 23.6 Å². The molecule has 0 bridgehead atoms. The zero-order chi connectivity index (χ0) is 15.2. The summed E-state index contributed by atoms with van der Waals surface area (Å²) in [5, 5.41) is 0. The number of carbonyl (C=O) groups is 2. The standard InChI is InChI=1S/C16H21NO3S/c1-3-20-16(19)12-7-6-10-17(11-12)15(18)13-8-4-5-9-14(13)21-2/h4-5,8-9,12H,3,6-7,10-11H2,1-2H3. The van der Waals surface area contributed by atoms with Crippen LogP contribution in [0.1, 0.15) is 30.1 Å². The summed E-state index contributed by atoms with van der Waals surface area (Å²) in [7, 11) is 0. The molecule has 114 valence electrons. The van der Waals surface area contributed by atoms with E-state index >= 15 is 0 Å². The Balaban J connectivity index is 2.10. The summed E-state index contributed by atoms with van der Waals surface area (Å²) in [5.74, 6) is -0.369. The van der Waals surface area contributed by atoms with Crippen molar-refractivity contribution in [3.63, 3.8) is 0 Å². The van der Waals surface area contributed by atoms with E-state index in [4.69, 9.17) is 4.74 Å². The molecule has 1 unspecified atom stereocenters. The minimum absolute atomic E-state index is 0.00829. The average Bonchev–Trinajstić information content (AvgIpc) is 2.54. The number of esters is 1. The molecule has 4 nitrogen and oxygen atoms in total. The highest BCUT2D eigenvalue weighted by molar-refractivity contribution is 7.98. The number of hydrogen-bond donors (Lipinski definition) is 0. The normalized spacial score (nSPS) is 18.4. The van der Waals surface area contributed by atoms with E-state index in [1.165, 1.54) is 0 Å². The second-order valence-electron chi connectivity index (χ2n) is 5.04. The lowest BCUT2D eigenvalue weighted by molar-refractivity contribution is -0.149. The summed E-state index contributed by atoms with van der Waals surface area (Å²) in [5.41, 5.74) is 0.717. The number of carbonyl (C=O) groups excluding carboxylic acids is 2. The van der Waals surface area contributed by atoms with Crippen LogP contribution < -0.4 is 0 Å². The van der Waals surface area contributed by atoms with Gasteiger partial charge in [0.2, 0.25) is 0 Å². The zero-order valence-electron chi connectivity index (χ0n) is 12.5. The van der Waals surface area contributed by atoms with Crippen molar-refractivity contribution in [3.8, 4) is 0 Å². The maximum atomic E-state index is 12.7. The number of benzene rings is 1. The van der Waals surface area contributed by atoms with Crippen molar-refractivity contribution < 1.29 is 14.3 Å². The molecule has 5 heteroatoms. The number of thioether (sulfide) groups is 1. The monoisotopic (exact) mass is 307 g/mol. The molecule has 1 amide bonds. The fourth-order valence-electron chi connectivity index (χ4n) is 2.61. The van der Waals surface area contributed by atoms with Crippen LogP contribution >= 0.6 is 11.8 Å². The van der Waals surface area contributed by atoms with Gasteiger partial charge in [0.1, 0.15) is 0 Å². The van der Waals surface area contributed by atoms with Gasteiger partial charge in [-0.2, -0.15) is 0 Å². The van der Waals surface area contributed by atoms with Gasteiger partial charge in [-0.05, 0) is 38.2 Å². The van der Waals surface area contributed by atoms with E-state index in [1.54, 1.807) is 23.6 Å². The molecule has 0 saturated carbocycles. The highest BCUT2D eigenvalue weighted by atomic mass is 32.2. The minimum Gasteiger partial charge on any atom is -0.466 e. The molecule has 1 aromatic carbocycles. The van der Waals surface area contributed by atoms with E-state index in [-0.39, 0.29) is 17.8 Å². The Morgan fingerprint density at radius 1 is 1.38 bits per heavy atom. The summed E-state index contributed by atoms with van der Waals surface area (Å²) in [6, 6.07) is 7.60. The maximum Gasteiger partial charge on any atom is 0.310 e. The Morgan fingerprint density at radius 3 is 2.86 bits per heavy atom. The molecule has 1 aromatic rings. The van der Waals surface area contributed by atoms with Crippen LogP contribution in [0.3, 0.4) is 0 Å².